The van der Waals surface area contributed by atoms with Gasteiger partial charge in [-0.05, 0) is 85.5 Å². The van der Waals surface area contributed by atoms with Gasteiger partial charge in [0.15, 0.2) is 5.78 Å². The van der Waals surface area contributed by atoms with Gasteiger partial charge in [0.2, 0.25) is 5.88 Å². The molecule has 0 aliphatic heterocycles. The van der Waals surface area contributed by atoms with E-state index in [0.29, 0.717) is 16.9 Å². The summed E-state index contributed by atoms with van der Waals surface area (Å²) in [5.41, 5.74) is 2.27. The maximum atomic E-state index is 11.5. The molecule has 4 saturated carbocycles. The second-order valence-electron chi connectivity index (χ2n) is 8.79. The molecule has 0 saturated heterocycles. The minimum Gasteiger partial charge on any atom is -0.439 e. The molecule has 4 bridgehead atoms. The van der Waals surface area contributed by atoms with Crippen LogP contribution in [0.3, 0.4) is 0 Å². The van der Waals surface area contributed by atoms with Crippen molar-refractivity contribution in [2.75, 3.05) is 6.61 Å². The lowest BCUT2D eigenvalue weighted by Crippen LogP contribution is -2.48. The zero-order valence-electron chi connectivity index (χ0n) is 15.4. The average Bonchev–Trinajstić information content (AvgIpc) is 2.67. The number of aliphatic hydroxyl groups is 1. The van der Waals surface area contributed by atoms with Crippen LogP contribution in [0.4, 0.5) is 0 Å². The van der Waals surface area contributed by atoms with E-state index in [-0.39, 0.29) is 5.78 Å². The number of Topliss-reactive ketones (excluding diaryl/α,β-unsaturated/α-hetero) is 1. The summed E-state index contributed by atoms with van der Waals surface area (Å²) < 4.78 is 5.84. The Kier molecular flexibility index (Phi) is 4.05. The summed E-state index contributed by atoms with van der Waals surface area (Å²) in [4.78, 5) is 15.6. The third-order valence-electron chi connectivity index (χ3n) is 6.93. The number of benzene rings is 1. The Morgan fingerprint density at radius 2 is 1.63 bits per heavy atom. The largest absolute Gasteiger partial charge is 0.439 e. The molecule has 4 aliphatic rings. The van der Waals surface area contributed by atoms with Crippen LogP contribution >= 0.6 is 0 Å². The number of aliphatic hydroxyl groups excluding tert-OH is 1. The van der Waals surface area contributed by atoms with Crippen molar-refractivity contribution in [3.05, 3.63) is 53.7 Å². The Labute approximate surface area is 159 Å². The van der Waals surface area contributed by atoms with Crippen LogP contribution < -0.4 is 4.74 Å². The van der Waals surface area contributed by atoms with Gasteiger partial charge >= 0.3 is 0 Å². The zero-order chi connectivity index (χ0) is 18.4. The predicted molar refractivity (Wildman–Crippen MR) is 102 cm³/mol. The van der Waals surface area contributed by atoms with Crippen LogP contribution in [0.15, 0.2) is 42.6 Å². The Hall–Kier alpha value is -2.20. The molecule has 1 aromatic carbocycles. The predicted octanol–water partition coefficient (Wildman–Crippen LogP) is 4.52. The zero-order valence-corrected chi connectivity index (χ0v) is 15.4. The summed E-state index contributed by atoms with van der Waals surface area (Å²) in [6, 6.07) is 11.9. The highest BCUT2D eigenvalue weighted by Crippen LogP contribution is 2.60. The number of hydrogen-bond acceptors (Lipinski definition) is 4. The molecular formula is C23H25NO3. The van der Waals surface area contributed by atoms with Gasteiger partial charge in [0, 0.05) is 17.8 Å². The van der Waals surface area contributed by atoms with Crippen LogP contribution in [0, 0.1) is 17.8 Å². The Bertz CT molecular complexity index is 806. The third kappa shape index (κ3) is 3.06. The minimum absolute atomic E-state index is 0.339. The van der Waals surface area contributed by atoms with Crippen molar-refractivity contribution in [1.82, 2.24) is 4.98 Å². The molecule has 0 spiro atoms. The van der Waals surface area contributed by atoms with Gasteiger partial charge in [-0.15, -0.1) is 0 Å². The van der Waals surface area contributed by atoms with Crippen LogP contribution in [0.5, 0.6) is 11.6 Å². The first-order chi connectivity index (χ1) is 13.1. The molecule has 1 aromatic heterocycles. The third-order valence-corrected chi connectivity index (χ3v) is 6.93. The smallest absolute Gasteiger partial charge is 0.219 e. The van der Waals surface area contributed by atoms with Crippen LogP contribution in [0.2, 0.25) is 0 Å². The molecule has 0 radical (unpaired) electrons. The fourth-order valence-electron chi connectivity index (χ4n) is 6.16. The van der Waals surface area contributed by atoms with E-state index < -0.39 is 6.61 Å². The maximum absolute atomic E-state index is 11.5. The maximum Gasteiger partial charge on any atom is 0.219 e. The molecular weight excluding hydrogens is 338 g/mol. The monoisotopic (exact) mass is 363 g/mol. The fourth-order valence-corrected chi connectivity index (χ4v) is 6.16. The lowest BCUT2D eigenvalue weighted by Gasteiger charge is -2.57. The van der Waals surface area contributed by atoms with Crippen molar-refractivity contribution < 1.29 is 14.6 Å². The molecule has 27 heavy (non-hydrogen) atoms. The van der Waals surface area contributed by atoms with Gasteiger partial charge in [0.1, 0.15) is 12.4 Å². The summed E-state index contributed by atoms with van der Waals surface area (Å²) in [5.74, 6) is 3.70. The molecule has 0 atom stereocenters. The SMILES string of the molecule is O=C(CO)c1ccc(Oc2ccc(C34CC5CC(CC(C5)C3)C4)cc2)nc1. The topological polar surface area (TPSA) is 59.4 Å². The van der Waals surface area contributed by atoms with E-state index >= 15 is 0 Å². The minimum atomic E-state index is -0.506. The first kappa shape index (κ1) is 16.9. The molecule has 4 fully saturated rings. The standard InChI is InChI=1S/C23H25NO3/c25-14-21(26)18-1-6-22(24-13-18)27-20-4-2-19(3-5-20)23-10-15-7-16(11-23)9-17(8-15)12-23/h1-6,13,15-17,25H,7-12,14H2. The number of pyridine rings is 1. The molecule has 1 N–H and O–H groups in total. The number of nitrogens with zero attached hydrogens (tertiary/aromatic N) is 1. The molecule has 6 rings (SSSR count). The lowest BCUT2D eigenvalue weighted by molar-refractivity contribution is -0.00520. The fraction of sp³-hybridized carbons (Fsp3) is 0.478. The normalized spacial score (nSPS) is 31.1. The highest BCUT2D eigenvalue weighted by Gasteiger charge is 2.51. The molecule has 2 aromatic rings. The van der Waals surface area contributed by atoms with E-state index in [1.54, 1.807) is 12.1 Å². The summed E-state index contributed by atoms with van der Waals surface area (Å²) in [6.45, 7) is -0.506. The van der Waals surface area contributed by atoms with Crippen LogP contribution in [0.1, 0.15) is 54.4 Å². The summed E-state index contributed by atoms with van der Waals surface area (Å²) in [5, 5.41) is 8.90. The molecule has 140 valence electrons. The van der Waals surface area contributed by atoms with E-state index in [1.807, 2.05) is 12.1 Å². The summed E-state index contributed by atoms with van der Waals surface area (Å²) >= 11 is 0. The van der Waals surface area contributed by atoms with Gasteiger partial charge < -0.3 is 9.84 Å². The Balaban J connectivity index is 1.31. The number of hydrogen-bond donors (Lipinski definition) is 1. The number of carbonyl (C=O) groups is 1. The van der Waals surface area contributed by atoms with E-state index in [0.717, 1.165) is 23.5 Å². The van der Waals surface area contributed by atoms with Crippen molar-refractivity contribution in [3.63, 3.8) is 0 Å². The number of rotatable bonds is 5. The second kappa shape index (κ2) is 6.45. The van der Waals surface area contributed by atoms with E-state index in [9.17, 15) is 4.79 Å². The highest BCUT2D eigenvalue weighted by molar-refractivity contribution is 5.96. The number of ketones is 1. The van der Waals surface area contributed by atoms with Gasteiger partial charge in [-0.25, -0.2) is 4.98 Å². The van der Waals surface area contributed by atoms with Crippen LogP contribution in [-0.4, -0.2) is 22.5 Å². The molecule has 1 heterocycles. The van der Waals surface area contributed by atoms with Gasteiger partial charge in [0.25, 0.3) is 0 Å². The van der Waals surface area contributed by atoms with Gasteiger partial charge in [-0.1, -0.05) is 12.1 Å². The van der Waals surface area contributed by atoms with Crippen molar-refractivity contribution in [1.29, 1.82) is 0 Å². The Morgan fingerprint density at radius 1 is 1.00 bits per heavy atom. The number of ether oxygens (including phenoxy) is 1. The number of aromatic nitrogens is 1. The molecule has 4 aliphatic carbocycles. The van der Waals surface area contributed by atoms with Crippen molar-refractivity contribution in [3.8, 4) is 11.6 Å². The summed E-state index contributed by atoms with van der Waals surface area (Å²) in [6.07, 6.45) is 9.91. The first-order valence-electron chi connectivity index (χ1n) is 10.0. The quantitative estimate of drug-likeness (QED) is 0.794. The van der Waals surface area contributed by atoms with E-state index in [2.05, 4.69) is 17.1 Å². The van der Waals surface area contributed by atoms with Crippen molar-refractivity contribution in [2.45, 2.75) is 43.9 Å². The van der Waals surface area contributed by atoms with Gasteiger partial charge in [-0.2, -0.15) is 0 Å². The molecule has 4 nitrogen and oxygen atoms in total. The highest BCUT2D eigenvalue weighted by atomic mass is 16.5. The second-order valence-corrected chi connectivity index (χ2v) is 8.79. The average molecular weight is 363 g/mol. The summed E-state index contributed by atoms with van der Waals surface area (Å²) in [7, 11) is 0. The molecule has 0 unspecified atom stereocenters. The Morgan fingerprint density at radius 3 is 2.15 bits per heavy atom. The van der Waals surface area contributed by atoms with Crippen molar-refractivity contribution in [2.24, 2.45) is 17.8 Å². The lowest BCUT2D eigenvalue weighted by atomic mass is 9.48. The molecule has 4 heteroatoms. The first-order valence-corrected chi connectivity index (χ1v) is 10.0. The number of carbonyl (C=O) groups excluding carboxylic acids is 1. The van der Waals surface area contributed by atoms with Crippen LogP contribution in [-0.2, 0) is 5.41 Å². The molecule has 0 amide bonds. The van der Waals surface area contributed by atoms with Crippen molar-refractivity contribution >= 4 is 5.78 Å². The van der Waals surface area contributed by atoms with E-state index in [4.69, 9.17) is 9.84 Å². The van der Waals surface area contributed by atoms with Crippen LogP contribution in [0.25, 0.3) is 0 Å². The van der Waals surface area contributed by atoms with Gasteiger partial charge in [-0.3, -0.25) is 4.79 Å². The van der Waals surface area contributed by atoms with E-state index in [1.165, 1.54) is 50.3 Å². The van der Waals surface area contributed by atoms with Gasteiger partial charge in [0.05, 0.1) is 0 Å².